The average Bonchev–Trinajstić information content (AvgIpc) is 2.99. The van der Waals surface area contributed by atoms with Gasteiger partial charge in [-0.2, -0.15) is 4.98 Å². The molecule has 0 aliphatic heterocycles. The molecule has 0 spiro atoms. The minimum Gasteiger partial charge on any atom is -0.404 e. The van der Waals surface area contributed by atoms with Crippen molar-refractivity contribution in [3.05, 3.63) is 59.9 Å². The molecule has 0 saturated heterocycles. The molecule has 24 heavy (non-hydrogen) atoms. The third-order valence-electron chi connectivity index (χ3n) is 2.93. The SMILES string of the molecule is FC(F)(F)Oc1cc(Nc2ncn(-c3ccccc3)n2)ccc1Cl. The molecule has 0 aliphatic carbocycles. The summed E-state index contributed by atoms with van der Waals surface area (Å²) in [6.07, 6.45) is -3.34. The third-order valence-corrected chi connectivity index (χ3v) is 3.24. The number of anilines is 2. The van der Waals surface area contributed by atoms with Crippen molar-refractivity contribution in [2.24, 2.45) is 0 Å². The molecule has 1 heterocycles. The van der Waals surface area contributed by atoms with E-state index in [2.05, 4.69) is 20.1 Å². The summed E-state index contributed by atoms with van der Waals surface area (Å²) in [5, 5.41) is 6.85. The van der Waals surface area contributed by atoms with Gasteiger partial charge in [-0.05, 0) is 24.3 Å². The first kappa shape index (κ1) is 16.1. The minimum absolute atomic E-state index is 0.152. The van der Waals surface area contributed by atoms with E-state index in [0.717, 1.165) is 11.8 Å². The van der Waals surface area contributed by atoms with Crippen molar-refractivity contribution in [1.82, 2.24) is 14.8 Å². The number of nitrogens with one attached hydrogen (secondary N) is 1. The predicted molar refractivity (Wildman–Crippen MR) is 82.8 cm³/mol. The van der Waals surface area contributed by atoms with E-state index in [1.807, 2.05) is 30.3 Å². The number of rotatable bonds is 4. The lowest BCUT2D eigenvalue weighted by Gasteiger charge is -2.11. The molecule has 0 amide bonds. The summed E-state index contributed by atoms with van der Waals surface area (Å²) >= 11 is 5.70. The Morgan fingerprint density at radius 1 is 1.08 bits per heavy atom. The van der Waals surface area contributed by atoms with Crippen molar-refractivity contribution in [3.8, 4) is 11.4 Å². The van der Waals surface area contributed by atoms with Gasteiger partial charge in [0.25, 0.3) is 0 Å². The van der Waals surface area contributed by atoms with Crippen molar-refractivity contribution in [2.45, 2.75) is 6.36 Å². The molecule has 0 unspecified atom stereocenters. The van der Waals surface area contributed by atoms with Crippen LogP contribution in [-0.4, -0.2) is 21.1 Å². The second-order valence-corrected chi connectivity index (χ2v) is 5.07. The van der Waals surface area contributed by atoms with Gasteiger partial charge in [0.05, 0.1) is 10.7 Å². The monoisotopic (exact) mass is 354 g/mol. The van der Waals surface area contributed by atoms with E-state index in [0.29, 0.717) is 5.69 Å². The summed E-state index contributed by atoms with van der Waals surface area (Å²) in [6, 6.07) is 13.2. The Morgan fingerprint density at radius 3 is 2.54 bits per heavy atom. The molecule has 124 valence electrons. The summed E-state index contributed by atoms with van der Waals surface area (Å²) in [4.78, 5) is 4.06. The molecule has 0 radical (unpaired) electrons. The summed E-state index contributed by atoms with van der Waals surface area (Å²) < 4.78 is 42.4. The first-order valence-corrected chi connectivity index (χ1v) is 7.08. The Hall–Kier alpha value is -2.74. The molecule has 2 aromatic carbocycles. The van der Waals surface area contributed by atoms with Crippen LogP contribution in [0.25, 0.3) is 5.69 Å². The van der Waals surface area contributed by atoms with Gasteiger partial charge >= 0.3 is 6.36 Å². The quantitative estimate of drug-likeness (QED) is 0.746. The number of para-hydroxylation sites is 1. The largest absolute Gasteiger partial charge is 0.573 e. The summed E-state index contributed by atoms with van der Waals surface area (Å²) in [5.41, 5.74) is 1.11. The second kappa shape index (κ2) is 6.40. The lowest BCUT2D eigenvalue weighted by molar-refractivity contribution is -0.274. The lowest BCUT2D eigenvalue weighted by atomic mass is 10.3. The number of halogens is 4. The number of alkyl halides is 3. The van der Waals surface area contributed by atoms with Crippen LogP contribution in [-0.2, 0) is 0 Å². The zero-order valence-electron chi connectivity index (χ0n) is 12.0. The van der Waals surface area contributed by atoms with E-state index < -0.39 is 12.1 Å². The zero-order chi connectivity index (χ0) is 17.2. The summed E-state index contributed by atoms with van der Waals surface area (Å²) in [6.45, 7) is 0. The van der Waals surface area contributed by atoms with E-state index in [4.69, 9.17) is 11.6 Å². The second-order valence-electron chi connectivity index (χ2n) is 4.67. The number of ether oxygens (including phenoxy) is 1. The molecular weight excluding hydrogens is 345 g/mol. The average molecular weight is 355 g/mol. The number of nitrogens with zero attached hydrogens (tertiary/aromatic N) is 3. The molecule has 0 fully saturated rings. The van der Waals surface area contributed by atoms with Crippen molar-refractivity contribution < 1.29 is 17.9 Å². The molecule has 0 atom stereocenters. The summed E-state index contributed by atoms with van der Waals surface area (Å²) in [5.74, 6) is -0.282. The van der Waals surface area contributed by atoms with Crippen molar-refractivity contribution >= 4 is 23.2 Å². The number of aromatic nitrogens is 3. The van der Waals surface area contributed by atoms with E-state index in [1.165, 1.54) is 23.1 Å². The molecule has 3 rings (SSSR count). The first-order valence-electron chi connectivity index (χ1n) is 6.70. The van der Waals surface area contributed by atoms with E-state index in [-0.39, 0.29) is 11.0 Å². The molecule has 0 aliphatic rings. The normalized spacial score (nSPS) is 11.3. The Kier molecular flexibility index (Phi) is 4.30. The van der Waals surface area contributed by atoms with Crippen LogP contribution in [0.2, 0.25) is 5.02 Å². The lowest BCUT2D eigenvalue weighted by Crippen LogP contribution is -2.17. The molecule has 5 nitrogen and oxygen atoms in total. The Balaban J connectivity index is 1.79. The third kappa shape index (κ3) is 3.96. The maximum Gasteiger partial charge on any atom is 0.573 e. The van der Waals surface area contributed by atoms with Crippen LogP contribution < -0.4 is 10.1 Å². The fourth-order valence-corrected chi connectivity index (χ4v) is 2.09. The highest BCUT2D eigenvalue weighted by Gasteiger charge is 2.32. The van der Waals surface area contributed by atoms with Gasteiger partial charge in [-0.15, -0.1) is 18.3 Å². The number of hydrogen-bond acceptors (Lipinski definition) is 4. The Labute approximate surface area is 139 Å². The van der Waals surface area contributed by atoms with Crippen LogP contribution in [0.3, 0.4) is 0 Å². The fourth-order valence-electron chi connectivity index (χ4n) is 1.94. The first-order chi connectivity index (χ1) is 11.4. The summed E-state index contributed by atoms with van der Waals surface area (Å²) in [7, 11) is 0. The predicted octanol–water partition coefficient (Wildman–Crippen LogP) is 4.56. The smallest absolute Gasteiger partial charge is 0.404 e. The molecule has 1 aromatic heterocycles. The zero-order valence-corrected chi connectivity index (χ0v) is 12.7. The maximum atomic E-state index is 12.3. The highest BCUT2D eigenvalue weighted by atomic mass is 35.5. The van der Waals surface area contributed by atoms with Crippen LogP contribution >= 0.6 is 11.6 Å². The fraction of sp³-hybridized carbons (Fsp3) is 0.0667. The standard InChI is InChI=1S/C15H10ClF3N4O/c16-12-7-6-10(8-13(12)24-15(17,18)19)21-14-20-9-23(22-14)11-4-2-1-3-5-11/h1-9H,(H,21,22). The van der Waals surface area contributed by atoms with Crippen LogP contribution in [0.15, 0.2) is 54.9 Å². The molecule has 1 N–H and O–H groups in total. The topological polar surface area (TPSA) is 52.0 Å². The van der Waals surface area contributed by atoms with Gasteiger partial charge in [-0.3, -0.25) is 0 Å². The van der Waals surface area contributed by atoms with Crippen molar-refractivity contribution in [3.63, 3.8) is 0 Å². The number of benzene rings is 2. The van der Waals surface area contributed by atoms with Gasteiger partial charge < -0.3 is 10.1 Å². The van der Waals surface area contributed by atoms with Gasteiger partial charge in [0, 0.05) is 11.8 Å². The van der Waals surface area contributed by atoms with Crippen LogP contribution in [0.5, 0.6) is 5.75 Å². The van der Waals surface area contributed by atoms with Gasteiger partial charge in [-0.25, -0.2) is 4.68 Å². The van der Waals surface area contributed by atoms with Crippen molar-refractivity contribution in [1.29, 1.82) is 0 Å². The van der Waals surface area contributed by atoms with Crippen LogP contribution in [0, 0.1) is 0 Å². The highest BCUT2D eigenvalue weighted by molar-refractivity contribution is 6.32. The molecule has 0 saturated carbocycles. The Morgan fingerprint density at radius 2 is 1.83 bits per heavy atom. The molecule has 0 bridgehead atoms. The van der Waals surface area contributed by atoms with Gasteiger partial charge in [0.15, 0.2) is 0 Å². The molecular formula is C15H10ClF3N4O. The van der Waals surface area contributed by atoms with Crippen LogP contribution in [0.1, 0.15) is 0 Å². The van der Waals surface area contributed by atoms with Gasteiger partial charge in [-0.1, -0.05) is 29.8 Å². The van der Waals surface area contributed by atoms with Gasteiger partial charge in [0.1, 0.15) is 12.1 Å². The van der Waals surface area contributed by atoms with E-state index in [1.54, 1.807) is 0 Å². The minimum atomic E-state index is -4.82. The van der Waals surface area contributed by atoms with Crippen molar-refractivity contribution in [2.75, 3.05) is 5.32 Å². The van der Waals surface area contributed by atoms with Crippen LogP contribution in [0.4, 0.5) is 24.8 Å². The molecule has 9 heteroatoms. The van der Waals surface area contributed by atoms with Gasteiger partial charge in [0.2, 0.25) is 5.95 Å². The van der Waals surface area contributed by atoms with E-state index in [9.17, 15) is 13.2 Å². The highest BCUT2D eigenvalue weighted by Crippen LogP contribution is 2.33. The maximum absolute atomic E-state index is 12.3. The van der Waals surface area contributed by atoms with E-state index >= 15 is 0 Å². The molecule has 3 aromatic rings. The Bertz CT molecular complexity index is 836. The number of hydrogen-bond donors (Lipinski definition) is 1.